The molecule has 1 aromatic rings. The number of carboxylic acid groups (broad SMARTS) is 1. The highest BCUT2D eigenvalue weighted by molar-refractivity contribution is 7.98. The van der Waals surface area contributed by atoms with E-state index >= 15 is 0 Å². The first-order valence-corrected chi connectivity index (χ1v) is 6.82. The molecule has 0 aliphatic carbocycles. The number of carbonyl (C=O) groups is 2. The van der Waals surface area contributed by atoms with Crippen LogP contribution in [0.1, 0.15) is 0 Å². The minimum atomic E-state index is -1.03. The summed E-state index contributed by atoms with van der Waals surface area (Å²) in [6.07, 6.45) is 1.96. The lowest BCUT2D eigenvalue weighted by Crippen LogP contribution is -2.31. The number of anilines is 1. The number of aliphatic carboxylic acids is 1. The van der Waals surface area contributed by atoms with Crippen LogP contribution >= 0.6 is 11.8 Å². The van der Waals surface area contributed by atoms with Crippen molar-refractivity contribution < 1.29 is 19.4 Å². The van der Waals surface area contributed by atoms with E-state index in [4.69, 9.17) is 9.84 Å². The molecule has 0 bridgehead atoms. The molecule has 6 nitrogen and oxygen atoms in total. The van der Waals surface area contributed by atoms with E-state index < -0.39 is 5.97 Å². The number of hydrogen-bond acceptors (Lipinski definition) is 4. The molecule has 0 radical (unpaired) electrons. The van der Waals surface area contributed by atoms with E-state index in [1.807, 2.05) is 24.5 Å². The molecule has 0 aromatic heterocycles. The predicted molar refractivity (Wildman–Crippen MR) is 73.7 cm³/mol. The second kappa shape index (κ2) is 8.39. The lowest BCUT2D eigenvalue weighted by Gasteiger charge is -2.08. The largest absolute Gasteiger partial charge is 0.480 e. The van der Waals surface area contributed by atoms with Crippen molar-refractivity contribution in [3.05, 3.63) is 24.3 Å². The molecule has 0 saturated carbocycles. The van der Waals surface area contributed by atoms with Crippen LogP contribution in [0, 0.1) is 0 Å². The summed E-state index contributed by atoms with van der Waals surface area (Å²) in [7, 11) is 0. The molecule has 0 aliphatic rings. The van der Waals surface area contributed by atoms with Crippen molar-refractivity contribution in [2.75, 3.05) is 31.3 Å². The minimum absolute atomic E-state index is 0.157. The molecule has 0 fully saturated rings. The van der Waals surface area contributed by atoms with Crippen LogP contribution in [0.2, 0.25) is 0 Å². The fourth-order valence-electron chi connectivity index (χ4n) is 1.27. The van der Waals surface area contributed by atoms with Crippen LogP contribution in [0.4, 0.5) is 10.5 Å². The van der Waals surface area contributed by atoms with Crippen molar-refractivity contribution in [1.82, 2.24) is 5.32 Å². The smallest absolute Gasteiger partial charge is 0.329 e. The molecule has 1 aromatic carbocycles. The summed E-state index contributed by atoms with van der Waals surface area (Å²) >= 11 is 1.59. The Hall–Kier alpha value is -1.73. The van der Waals surface area contributed by atoms with Crippen molar-refractivity contribution in [3.8, 4) is 0 Å². The van der Waals surface area contributed by atoms with Gasteiger partial charge in [0.1, 0.15) is 6.61 Å². The van der Waals surface area contributed by atoms with Gasteiger partial charge in [0.15, 0.2) is 0 Å². The zero-order valence-electron chi connectivity index (χ0n) is 10.5. The van der Waals surface area contributed by atoms with E-state index in [2.05, 4.69) is 10.6 Å². The van der Waals surface area contributed by atoms with Crippen LogP contribution in [0.25, 0.3) is 0 Å². The first-order chi connectivity index (χ1) is 9.11. The molecule has 7 heteroatoms. The van der Waals surface area contributed by atoms with Crippen LogP contribution in [-0.4, -0.2) is 43.1 Å². The first-order valence-electron chi connectivity index (χ1n) is 5.60. The van der Waals surface area contributed by atoms with Gasteiger partial charge in [0, 0.05) is 17.1 Å². The van der Waals surface area contributed by atoms with Gasteiger partial charge in [-0.1, -0.05) is 6.07 Å². The van der Waals surface area contributed by atoms with Gasteiger partial charge in [-0.2, -0.15) is 0 Å². The van der Waals surface area contributed by atoms with E-state index in [1.165, 1.54) is 0 Å². The van der Waals surface area contributed by atoms with Crippen LogP contribution in [0.15, 0.2) is 29.2 Å². The fourth-order valence-corrected chi connectivity index (χ4v) is 1.73. The highest BCUT2D eigenvalue weighted by Gasteiger charge is 2.02. The summed E-state index contributed by atoms with van der Waals surface area (Å²) in [4.78, 5) is 22.7. The number of carbonyl (C=O) groups excluding carboxylic acids is 1. The van der Waals surface area contributed by atoms with Gasteiger partial charge in [-0.15, -0.1) is 11.8 Å². The van der Waals surface area contributed by atoms with Crippen LogP contribution in [0.3, 0.4) is 0 Å². The number of carboxylic acids is 1. The molecule has 0 aliphatic heterocycles. The summed E-state index contributed by atoms with van der Waals surface area (Å²) in [6.45, 7) is 0.0466. The maximum atomic E-state index is 11.5. The Balaban J connectivity index is 2.25. The fraction of sp³-hybridized carbons (Fsp3) is 0.333. The van der Waals surface area contributed by atoms with Crippen LogP contribution in [0.5, 0.6) is 0 Å². The third-order valence-electron chi connectivity index (χ3n) is 2.09. The van der Waals surface area contributed by atoms with E-state index in [-0.39, 0.29) is 25.8 Å². The lowest BCUT2D eigenvalue weighted by atomic mass is 10.3. The summed E-state index contributed by atoms with van der Waals surface area (Å²) in [5.74, 6) is -1.03. The molecule has 1 rings (SSSR count). The van der Waals surface area contributed by atoms with E-state index in [0.717, 1.165) is 4.90 Å². The summed E-state index contributed by atoms with van der Waals surface area (Å²) in [5.41, 5.74) is 0.704. The van der Waals surface area contributed by atoms with Crippen molar-refractivity contribution in [1.29, 1.82) is 0 Å². The topological polar surface area (TPSA) is 87.7 Å². The van der Waals surface area contributed by atoms with Crippen molar-refractivity contribution in [2.45, 2.75) is 4.90 Å². The summed E-state index contributed by atoms with van der Waals surface area (Å²) < 4.78 is 4.79. The zero-order chi connectivity index (χ0) is 14.1. The molecule has 0 unspecified atom stereocenters. The quantitative estimate of drug-likeness (QED) is 0.523. The van der Waals surface area contributed by atoms with Crippen LogP contribution < -0.4 is 10.6 Å². The van der Waals surface area contributed by atoms with Crippen LogP contribution in [-0.2, 0) is 9.53 Å². The Labute approximate surface area is 115 Å². The van der Waals surface area contributed by atoms with E-state index in [0.29, 0.717) is 5.69 Å². The molecular formula is C12H16N2O4S. The SMILES string of the molecule is CSc1cccc(NC(=O)NCCOCC(=O)O)c1. The number of thioether (sulfide) groups is 1. The average Bonchev–Trinajstić information content (AvgIpc) is 2.38. The summed E-state index contributed by atoms with van der Waals surface area (Å²) in [6, 6.07) is 7.12. The Morgan fingerprint density at radius 2 is 2.21 bits per heavy atom. The maximum absolute atomic E-state index is 11.5. The molecule has 2 amide bonds. The van der Waals surface area contributed by atoms with Gasteiger partial charge in [0.05, 0.1) is 6.61 Å². The number of hydrogen-bond donors (Lipinski definition) is 3. The molecular weight excluding hydrogens is 268 g/mol. The highest BCUT2D eigenvalue weighted by atomic mass is 32.2. The minimum Gasteiger partial charge on any atom is -0.480 e. The predicted octanol–water partition coefficient (Wildman–Crippen LogP) is 1.63. The highest BCUT2D eigenvalue weighted by Crippen LogP contribution is 2.18. The van der Waals surface area contributed by atoms with Crippen molar-refractivity contribution >= 4 is 29.4 Å². The monoisotopic (exact) mass is 284 g/mol. The number of urea groups is 1. The molecule has 0 atom stereocenters. The van der Waals surface area contributed by atoms with Gasteiger partial charge in [-0.05, 0) is 24.5 Å². The maximum Gasteiger partial charge on any atom is 0.329 e. The Kier molecular flexibility index (Phi) is 6.76. The molecule has 0 spiro atoms. The second-order valence-electron chi connectivity index (χ2n) is 3.56. The molecule has 0 heterocycles. The average molecular weight is 284 g/mol. The molecule has 0 saturated heterocycles. The van der Waals surface area contributed by atoms with Gasteiger partial charge < -0.3 is 20.5 Å². The number of amides is 2. The standard InChI is InChI=1S/C12H16N2O4S/c1-19-10-4-2-3-9(7-10)14-12(17)13-5-6-18-8-11(15)16/h2-4,7H,5-6,8H2,1H3,(H,15,16)(H2,13,14,17). The van der Waals surface area contributed by atoms with Gasteiger partial charge in [-0.3, -0.25) is 0 Å². The lowest BCUT2D eigenvalue weighted by molar-refractivity contribution is -0.142. The third-order valence-corrected chi connectivity index (χ3v) is 2.81. The first kappa shape index (κ1) is 15.3. The Bertz CT molecular complexity index is 439. The Morgan fingerprint density at radius 3 is 2.89 bits per heavy atom. The van der Waals surface area contributed by atoms with Gasteiger partial charge in [0.25, 0.3) is 0 Å². The summed E-state index contributed by atoms with van der Waals surface area (Å²) in [5, 5.41) is 13.6. The Morgan fingerprint density at radius 1 is 1.42 bits per heavy atom. The normalized spacial score (nSPS) is 9.95. The molecule has 104 valence electrons. The van der Waals surface area contributed by atoms with Crippen molar-refractivity contribution in [3.63, 3.8) is 0 Å². The zero-order valence-corrected chi connectivity index (χ0v) is 11.3. The molecule has 3 N–H and O–H groups in total. The second-order valence-corrected chi connectivity index (χ2v) is 4.44. The van der Waals surface area contributed by atoms with Gasteiger partial charge in [0.2, 0.25) is 0 Å². The van der Waals surface area contributed by atoms with E-state index in [9.17, 15) is 9.59 Å². The molecule has 19 heavy (non-hydrogen) atoms. The number of rotatable bonds is 7. The van der Waals surface area contributed by atoms with Gasteiger partial charge >= 0.3 is 12.0 Å². The van der Waals surface area contributed by atoms with Crippen molar-refractivity contribution in [2.24, 2.45) is 0 Å². The number of nitrogens with one attached hydrogen (secondary N) is 2. The number of benzene rings is 1. The van der Waals surface area contributed by atoms with E-state index in [1.54, 1.807) is 17.8 Å². The van der Waals surface area contributed by atoms with Gasteiger partial charge in [-0.25, -0.2) is 9.59 Å². The third kappa shape index (κ3) is 6.68. The number of ether oxygens (including phenoxy) is 1.